The third kappa shape index (κ3) is 2.36. The van der Waals surface area contributed by atoms with Gasteiger partial charge in [0.2, 0.25) is 0 Å². The van der Waals surface area contributed by atoms with Gasteiger partial charge in [0.05, 0.1) is 12.2 Å². The zero-order valence-corrected chi connectivity index (χ0v) is 7.01. The summed E-state index contributed by atoms with van der Waals surface area (Å²) in [6, 6.07) is 2.60. The van der Waals surface area contributed by atoms with E-state index in [2.05, 4.69) is 4.84 Å². The predicted octanol–water partition coefficient (Wildman–Crippen LogP) is 1.80. The molecule has 14 heavy (non-hydrogen) atoms. The minimum atomic E-state index is -4.46. The summed E-state index contributed by atoms with van der Waals surface area (Å²) in [5.74, 6) is 4.24. The lowest BCUT2D eigenvalue weighted by Crippen LogP contribution is -2.05. The molecular weight excluding hydrogens is 199 g/mol. The first kappa shape index (κ1) is 10.8. The van der Waals surface area contributed by atoms with Gasteiger partial charge in [-0.2, -0.15) is 13.2 Å². The maximum atomic E-state index is 12.1. The van der Waals surface area contributed by atoms with Gasteiger partial charge in [-0.1, -0.05) is 6.07 Å². The molecule has 0 atom stereocenters. The number of alkyl halides is 3. The molecule has 0 amide bonds. The van der Waals surface area contributed by atoms with Gasteiger partial charge in [0.25, 0.3) is 0 Å². The Morgan fingerprint density at radius 2 is 2.00 bits per heavy atom. The van der Waals surface area contributed by atoms with E-state index in [-0.39, 0.29) is 12.2 Å². The van der Waals surface area contributed by atoms with E-state index in [0.29, 0.717) is 6.07 Å². The van der Waals surface area contributed by atoms with E-state index >= 15 is 0 Å². The van der Waals surface area contributed by atoms with Crippen molar-refractivity contribution >= 4 is 0 Å². The van der Waals surface area contributed by atoms with E-state index in [4.69, 9.17) is 11.0 Å². The van der Waals surface area contributed by atoms with Gasteiger partial charge in [0, 0.05) is 5.56 Å². The summed E-state index contributed by atoms with van der Waals surface area (Å²) < 4.78 is 36.4. The zero-order chi connectivity index (χ0) is 10.8. The topological polar surface area (TPSA) is 55.5 Å². The van der Waals surface area contributed by atoms with E-state index in [0.717, 1.165) is 12.1 Å². The molecule has 0 radical (unpaired) electrons. The highest BCUT2D eigenvalue weighted by molar-refractivity contribution is 5.37. The van der Waals surface area contributed by atoms with Crippen LogP contribution in [0.2, 0.25) is 0 Å². The first-order valence-corrected chi connectivity index (χ1v) is 3.66. The molecule has 0 aliphatic rings. The molecule has 1 aromatic rings. The summed E-state index contributed by atoms with van der Waals surface area (Å²) in [7, 11) is 0. The Kier molecular flexibility index (Phi) is 2.97. The molecule has 0 spiro atoms. The Morgan fingerprint density at radius 3 is 2.43 bits per heavy atom. The summed E-state index contributed by atoms with van der Waals surface area (Å²) in [5, 5.41) is 9.15. The molecule has 6 heteroatoms. The molecule has 0 fully saturated rings. The lowest BCUT2D eigenvalue weighted by molar-refractivity contribution is -0.137. The monoisotopic (exact) mass is 207 g/mol. The first-order chi connectivity index (χ1) is 6.45. The maximum absolute atomic E-state index is 12.1. The highest BCUT2D eigenvalue weighted by Gasteiger charge is 2.30. The van der Waals surface area contributed by atoms with Crippen molar-refractivity contribution in [2.45, 2.75) is 12.8 Å². The molecule has 0 heterocycles. The number of halogens is 3. The number of phenolic OH excluding ortho intramolecular Hbond substituents is 1. The van der Waals surface area contributed by atoms with E-state index in [1.807, 2.05) is 0 Å². The molecule has 1 rings (SSSR count). The average molecular weight is 207 g/mol. The molecule has 0 aliphatic heterocycles. The molecule has 0 aromatic heterocycles. The summed E-state index contributed by atoms with van der Waals surface area (Å²) in [6.45, 7) is -0.135. The second kappa shape index (κ2) is 3.85. The van der Waals surface area contributed by atoms with Gasteiger partial charge in [-0.15, -0.1) is 0 Å². The third-order valence-electron chi connectivity index (χ3n) is 1.65. The van der Waals surface area contributed by atoms with Gasteiger partial charge >= 0.3 is 6.18 Å². The second-order valence-electron chi connectivity index (χ2n) is 2.65. The van der Waals surface area contributed by atoms with Crippen LogP contribution in [-0.4, -0.2) is 5.11 Å². The van der Waals surface area contributed by atoms with Crippen LogP contribution in [0.3, 0.4) is 0 Å². The average Bonchev–Trinajstić information content (AvgIpc) is 2.07. The van der Waals surface area contributed by atoms with Gasteiger partial charge in [-0.05, 0) is 12.1 Å². The normalized spacial score (nSPS) is 11.7. The maximum Gasteiger partial charge on any atom is 0.416 e. The van der Waals surface area contributed by atoms with Crippen molar-refractivity contribution in [2.24, 2.45) is 5.90 Å². The fourth-order valence-electron chi connectivity index (χ4n) is 0.952. The van der Waals surface area contributed by atoms with E-state index < -0.39 is 17.5 Å². The first-order valence-electron chi connectivity index (χ1n) is 3.66. The van der Waals surface area contributed by atoms with E-state index in [1.165, 1.54) is 0 Å². The summed E-state index contributed by atoms with van der Waals surface area (Å²) >= 11 is 0. The number of hydrogen-bond acceptors (Lipinski definition) is 3. The Balaban J connectivity index is 3.01. The summed E-state index contributed by atoms with van der Waals surface area (Å²) in [5.41, 5.74) is -0.698. The fraction of sp³-hybridized carbons (Fsp3) is 0.250. The lowest BCUT2D eigenvalue weighted by Gasteiger charge is -2.08. The van der Waals surface area contributed by atoms with Crippen LogP contribution in [0.5, 0.6) is 5.75 Å². The number of aromatic hydroxyl groups is 1. The van der Waals surface area contributed by atoms with Gasteiger partial charge in [-0.3, -0.25) is 4.84 Å². The SMILES string of the molecule is NOCc1ccc(C(F)(F)F)cc1O. The van der Waals surface area contributed by atoms with Crippen LogP contribution >= 0.6 is 0 Å². The van der Waals surface area contributed by atoms with Crippen molar-refractivity contribution in [1.29, 1.82) is 0 Å². The molecule has 1 aromatic carbocycles. The summed E-state index contributed by atoms with van der Waals surface area (Å²) in [4.78, 5) is 4.19. The molecular formula is C8H8F3NO2. The van der Waals surface area contributed by atoms with Crippen molar-refractivity contribution in [1.82, 2.24) is 0 Å². The largest absolute Gasteiger partial charge is 0.508 e. The van der Waals surface area contributed by atoms with Crippen LogP contribution < -0.4 is 5.90 Å². The van der Waals surface area contributed by atoms with Crippen LogP contribution in [0.25, 0.3) is 0 Å². The second-order valence-corrected chi connectivity index (χ2v) is 2.65. The van der Waals surface area contributed by atoms with Gasteiger partial charge in [-0.25, -0.2) is 5.90 Å². The highest BCUT2D eigenvalue weighted by atomic mass is 19.4. The molecule has 3 nitrogen and oxygen atoms in total. The number of benzene rings is 1. The predicted molar refractivity (Wildman–Crippen MR) is 42.1 cm³/mol. The molecule has 0 unspecified atom stereocenters. The van der Waals surface area contributed by atoms with Crippen molar-refractivity contribution in [3.05, 3.63) is 29.3 Å². The minimum absolute atomic E-state index is 0.135. The number of hydrogen-bond donors (Lipinski definition) is 2. The van der Waals surface area contributed by atoms with Gasteiger partial charge in [0.15, 0.2) is 0 Å². The standard InChI is InChI=1S/C8H8F3NO2/c9-8(10,11)6-2-1-5(4-14-12)7(13)3-6/h1-3,13H,4,12H2. The molecule has 78 valence electrons. The molecule has 3 N–H and O–H groups in total. The van der Waals surface area contributed by atoms with Crippen molar-refractivity contribution in [3.8, 4) is 5.75 Å². The molecule has 0 saturated heterocycles. The Morgan fingerprint density at radius 1 is 1.36 bits per heavy atom. The van der Waals surface area contributed by atoms with Crippen LogP contribution in [0.15, 0.2) is 18.2 Å². The Labute approximate surface area is 77.9 Å². The lowest BCUT2D eigenvalue weighted by atomic mass is 10.1. The number of nitrogens with two attached hydrogens (primary N) is 1. The van der Waals surface area contributed by atoms with Gasteiger partial charge < -0.3 is 5.11 Å². The van der Waals surface area contributed by atoms with E-state index in [9.17, 15) is 13.2 Å². The van der Waals surface area contributed by atoms with Crippen LogP contribution in [-0.2, 0) is 17.6 Å². The smallest absolute Gasteiger partial charge is 0.416 e. The van der Waals surface area contributed by atoms with Crippen LogP contribution in [0, 0.1) is 0 Å². The Bertz CT molecular complexity index is 325. The highest BCUT2D eigenvalue weighted by Crippen LogP contribution is 2.32. The van der Waals surface area contributed by atoms with Crippen molar-refractivity contribution in [2.75, 3.05) is 0 Å². The van der Waals surface area contributed by atoms with Gasteiger partial charge in [0.1, 0.15) is 5.75 Å². The summed E-state index contributed by atoms with van der Waals surface area (Å²) in [6.07, 6.45) is -4.46. The minimum Gasteiger partial charge on any atom is -0.508 e. The molecule has 0 bridgehead atoms. The number of rotatable bonds is 2. The van der Waals surface area contributed by atoms with E-state index in [1.54, 1.807) is 0 Å². The van der Waals surface area contributed by atoms with Crippen molar-refractivity contribution < 1.29 is 23.1 Å². The zero-order valence-electron chi connectivity index (χ0n) is 7.01. The Hall–Kier alpha value is -1.27. The third-order valence-corrected chi connectivity index (χ3v) is 1.65. The van der Waals surface area contributed by atoms with Crippen molar-refractivity contribution in [3.63, 3.8) is 0 Å². The fourth-order valence-corrected chi connectivity index (χ4v) is 0.952. The molecule has 0 saturated carbocycles. The quantitative estimate of drug-likeness (QED) is 0.727. The number of phenols is 1. The molecule has 0 aliphatic carbocycles. The van der Waals surface area contributed by atoms with Crippen LogP contribution in [0.1, 0.15) is 11.1 Å². The van der Waals surface area contributed by atoms with Crippen LogP contribution in [0.4, 0.5) is 13.2 Å².